The molecule has 0 amide bonds. The summed E-state index contributed by atoms with van der Waals surface area (Å²) in [6.45, 7) is 8.12. The predicted molar refractivity (Wildman–Crippen MR) is 93.5 cm³/mol. The number of nitrogens with zero attached hydrogens (tertiary/aromatic N) is 7. The molecule has 0 unspecified atom stereocenters. The van der Waals surface area contributed by atoms with E-state index in [4.69, 9.17) is 0 Å². The van der Waals surface area contributed by atoms with Crippen LogP contribution in [-0.4, -0.2) is 51.0 Å². The van der Waals surface area contributed by atoms with E-state index < -0.39 is 0 Å². The van der Waals surface area contributed by atoms with Gasteiger partial charge >= 0.3 is 0 Å². The fraction of sp³-hybridized carbons (Fsp3) is 0.412. The van der Waals surface area contributed by atoms with Gasteiger partial charge in [-0.25, -0.2) is 0 Å². The molecule has 0 aromatic carbocycles. The van der Waals surface area contributed by atoms with Crippen molar-refractivity contribution < 1.29 is 0 Å². The van der Waals surface area contributed by atoms with Crippen LogP contribution in [0, 0.1) is 13.8 Å². The number of aromatic nitrogens is 5. The Morgan fingerprint density at radius 1 is 1.00 bits per heavy atom. The third-order valence-electron chi connectivity index (χ3n) is 4.54. The highest BCUT2D eigenvalue weighted by atomic mass is 15.4. The minimum absolute atomic E-state index is 0.828. The van der Waals surface area contributed by atoms with Crippen LogP contribution in [0.5, 0.6) is 0 Å². The van der Waals surface area contributed by atoms with Crippen LogP contribution in [0.4, 0.5) is 11.4 Å². The molecule has 7 heteroatoms. The molecule has 4 rings (SSSR count). The zero-order chi connectivity index (χ0) is 16.5. The first kappa shape index (κ1) is 14.9. The average Bonchev–Trinajstić information content (AvgIpc) is 2.90. The van der Waals surface area contributed by atoms with Gasteiger partial charge in [-0.15, -0.1) is 10.2 Å². The molecular weight excluding hydrogens is 302 g/mol. The number of hydrogen-bond donors (Lipinski definition) is 0. The summed E-state index contributed by atoms with van der Waals surface area (Å²) in [6.07, 6.45) is 6.57. The molecule has 24 heavy (non-hydrogen) atoms. The summed E-state index contributed by atoms with van der Waals surface area (Å²) in [7, 11) is 0. The van der Waals surface area contributed by atoms with Crippen LogP contribution in [0.2, 0.25) is 0 Å². The zero-order valence-electron chi connectivity index (χ0n) is 14.1. The number of fused-ring (bicyclic) bond motifs is 1. The van der Waals surface area contributed by atoms with Crippen molar-refractivity contribution in [3.05, 3.63) is 42.1 Å². The van der Waals surface area contributed by atoms with Crippen molar-refractivity contribution in [2.24, 2.45) is 0 Å². The van der Waals surface area contributed by atoms with E-state index in [9.17, 15) is 0 Å². The van der Waals surface area contributed by atoms with Crippen LogP contribution in [0.3, 0.4) is 0 Å². The second-order valence-electron chi connectivity index (χ2n) is 6.26. The molecule has 124 valence electrons. The summed E-state index contributed by atoms with van der Waals surface area (Å²) >= 11 is 0. The highest BCUT2D eigenvalue weighted by Crippen LogP contribution is 2.24. The van der Waals surface area contributed by atoms with Crippen molar-refractivity contribution in [2.75, 3.05) is 36.0 Å². The Bertz CT molecular complexity index is 857. The lowest BCUT2D eigenvalue weighted by molar-refractivity contribution is 0.799. The number of hydrogen-bond acceptors (Lipinski definition) is 6. The molecule has 0 aliphatic carbocycles. The van der Waals surface area contributed by atoms with Crippen LogP contribution in [-0.2, 0) is 0 Å². The van der Waals surface area contributed by atoms with Crippen molar-refractivity contribution in [1.82, 2.24) is 24.8 Å². The van der Waals surface area contributed by atoms with Gasteiger partial charge in [-0.1, -0.05) is 0 Å². The van der Waals surface area contributed by atoms with E-state index in [0.29, 0.717) is 0 Å². The summed E-state index contributed by atoms with van der Waals surface area (Å²) in [4.78, 5) is 9.05. The van der Waals surface area contributed by atoms with E-state index in [1.165, 1.54) is 11.3 Å². The number of anilines is 2. The van der Waals surface area contributed by atoms with Crippen molar-refractivity contribution in [3.63, 3.8) is 0 Å². The van der Waals surface area contributed by atoms with Crippen LogP contribution in [0.1, 0.15) is 17.7 Å². The van der Waals surface area contributed by atoms with Crippen LogP contribution in [0.15, 0.2) is 30.9 Å². The fourth-order valence-corrected chi connectivity index (χ4v) is 3.39. The summed E-state index contributed by atoms with van der Waals surface area (Å²) in [5.41, 5.74) is 5.43. The van der Waals surface area contributed by atoms with Gasteiger partial charge in [0.1, 0.15) is 6.33 Å². The average molecular weight is 323 g/mol. The molecule has 1 aliphatic rings. The standard InChI is InChI=1S/C17H21N7/c1-13-11-18-5-4-15(13)22-6-3-7-23(9-8-22)16-10-14(2)21-24-12-19-20-17(16)24/h4-5,10-12H,3,6-9H2,1-2H3. The Kier molecular flexibility index (Phi) is 3.76. The number of rotatable bonds is 2. The van der Waals surface area contributed by atoms with Gasteiger partial charge in [0, 0.05) is 44.3 Å². The maximum atomic E-state index is 4.44. The molecule has 1 saturated heterocycles. The van der Waals surface area contributed by atoms with Gasteiger partial charge in [0.15, 0.2) is 0 Å². The first-order valence-corrected chi connectivity index (χ1v) is 8.30. The Labute approximate surface area is 140 Å². The molecule has 0 atom stereocenters. The van der Waals surface area contributed by atoms with Crippen molar-refractivity contribution in [3.8, 4) is 0 Å². The highest BCUT2D eigenvalue weighted by molar-refractivity contribution is 5.68. The van der Waals surface area contributed by atoms with Gasteiger partial charge in [0.2, 0.25) is 5.65 Å². The Balaban J connectivity index is 1.61. The quantitative estimate of drug-likeness (QED) is 0.717. The van der Waals surface area contributed by atoms with E-state index >= 15 is 0 Å². The van der Waals surface area contributed by atoms with Gasteiger partial charge in [0.05, 0.1) is 11.4 Å². The lowest BCUT2D eigenvalue weighted by Gasteiger charge is -2.25. The van der Waals surface area contributed by atoms with E-state index in [2.05, 4.69) is 49.1 Å². The molecule has 7 nitrogen and oxygen atoms in total. The largest absolute Gasteiger partial charge is 0.369 e. The van der Waals surface area contributed by atoms with Crippen LogP contribution >= 0.6 is 0 Å². The molecule has 1 fully saturated rings. The molecule has 0 saturated carbocycles. The van der Waals surface area contributed by atoms with E-state index in [1.807, 2.05) is 19.3 Å². The van der Waals surface area contributed by atoms with Crippen molar-refractivity contribution in [1.29, 1.82) is 0 Å². The molecule has 3 aromatic heterocycles. The second kappa shape index (κ2) is 6.07. The van der Waals surface area contributed by atoms with Crippen LogP contribution in [0.25, 0.3) is 5.65 Å². The first-order chi connectivity index (χ1) is 11.7. The second-order valence-corrected chi connectivity index (χ2v) is 6.26. The van der Waals surface area contributed by atoms with Gasteiger partial charge in [-0.05, 0) is 38.0 Å². The summed E-state index contributed by atoms with van der Waals surface area (Å²) < 4.78 is 1.76. The molecule has 4 heterocycles. The summed E-state index contributed by atoms with van der Waals surface area (Å²) in [5, 5.41) is 12.7. The lowest BCUT2D eigenvalue weighted by Crippen LogP contribution is -2.31. The Morgan fingerprint density at radius 3 is 2.58 bits per heavy atom. The molecular formula is C17H21N7. The monoisotopic (exact) mass is 323 g/mol. The zero-order valence-corrected chi connectivity index (χ0v) is 14.1. The minimum atomic E-state index is 0.828. The number of aryl methyl sites for hydroxylation is 2. The fourth-order valence-electron chi connectivity index (χ4n) is 3.39. The predicted octanol–water partition coefficient (Wildman–Crippen LogP) is 1.85. The highest BCUT2D eigenvalue weighted by Gasteiger charge is 2.19. The smallest absolute Gasteiger partial charge is 0.200 e. The Hall–Kier alpha value is -2.70. The van der Waals surface area contributed by atoms with E-state index in [-0.39, 0.29) is 0 Å². The topological polar surface area (TPSA) is 62.5 Å². The minimum Gasteiger partial charge on any atom is -0.369 e. The Morgan fingerprint density at radius 2 is 1.79 bits per heavy atom. The molecule has 0 spiro atoms. The van der Waals surface area contributed by atoms with E-state index in [1.54, 1.807) is 10.8 Å². The molecule has 0 N–H and O–H groups in total. The first-order valence-electron chi connectivity index (χ1n) is 8.30. The third-order valence-corrected chi connectivity index (χ3v) is 4.54. The maximum Gasteiger partial charge on any atom is 0.200 e. The van der Waals surface area contributed by atoms with Crippen LogP contribution < -0.4 is 9.80 Å². The number of pyridine rings is 1. The van der Waals surface area contributed by atoms with Gasteiger partial charge in [-0.2, -0.15) is 9.61 Å². The summed E-state index contributed by atoms with van der Waals surface area (Å²) in [6, 6.07) is 4.22. The van der Waals surface area contributed by atoms with Gasteiger partial charge in [-0.3, -0.25) is 4.98 Å². The van der Waals surface area contributed by atoms with Crippen molar-refractivity contribution >= 4 is 17.0 Å². The summed E-state index contributed by atoms with van der Waals surface area (Å²) in [5.74, 6) is 0. The van der Waals surface area contributed by atoms with Crippen molar-refractivity contribution in [2.45, 2.75) is 20.3 Å². The SMILES string of the molecule is Cc1cc(N2CCCN(c3ccncc3C)CC2)c2nncn2n1. The van der Waals surface area contributed by atoms with Gasteiger partial charge < -0.3 is 9.80 Å². The molecule has 3 aromatic rings. The van der Waals surface area contributed by atoms with E-state index in [0.717, 1.165) is 49.6 Å². The maximum absolute atomic E-state index is 4.44. The normalized spacial score (nSPS) is 15.8. The van der Waals surface area contributed by atoms with Gasteiger partial charge in [0.25, 0.3) is 0 Å². The molecule has 0 bridgehead atoms. The molecule has 0 radical (unpaired) electrons. The third kappa shape index (κ3) is 2.66. The molecule has 1 aliphatic heterocycles. The lowest BCUT2D eigenvalue weighted by atomic mass is 10.2.